The molecule has 0 spiro atoms. The summed E-state index contributed by atoms with van der Waals surface area (Å²) in [7, 11) is 0. The molecule has 1 amide bonds. The molecule has 0 aliphatic carbocycles. The van der Waals surface area contributed by atoms with Crippen LogP contribution in [-0.2, 0) is 4.74 Å². The Hall–Kier alpha value is -0.810. The third kappa shape index (κ3) is 1.49. The summed E-state index contributed by atoms with van der Waals surface area (Å²) in [5, 5.41) is 18.5. The molecule has 0 saturated carbocycles. The number of carboxylic acid groups (broad SMARTS) is 1. The fourth-order valence-electron chi connectivity index (χ4n) is 2.07. The molecule has 13 heavy (non-hydrogen) atoms. The van der Waals surface area contributed by atoms with Crippen LogP contribution in [0.3, 0.4) is 0 Å². The number of hydrogen-bond acceptors (Lipinski definition) is 3. The van der Waals surface area contributed by atoms with Gasteiger partial charge in [-0.15, -0.1) is 0 Å². The Morgan fingerprint density at radius 3 is 2.31 bits per heavy atom. The first-order valence-corrected chi connectivity index (χ1v) is 4.42. The average Bonchev–Trinajstić information content (AvgIpc) is 2.02. The first kappa shape index (κ1) is 8.77. The number of rotatable bonds is 0. The van der Waals surface area contributed by atoms with Gasteiger partial charge >= 0.3 is 6.09 Å². The van der Waals surface area contributed by atoms with Gasteiger partial charge < -0.3 is 19.8 Å². The van der Waals surface area contributed by atoms with Crippen molar-refractivity contribution in [3.8, 4) is 0 Å². The Morgan fingerprint density at radius 2 is 1.85 bits per heavy atom. The van der Waals surface area contributed by atoms with Crippen LogP contribution in [0.2, 0.25) is 0 Å². The number of likely N-dealkylation sites (tertiary alicyclic amines) is 1. The third-order valence-corrected chi connectivity index (χ3v) is 2.81. The maximum Gasteiger partial charge on any atom is 0.407 e. The van der Waals surface area contributed by atoms with Gasteiger partial charge in [0.05, 0.1) is 19.3 Å². The lowest BCUT2D eigenvalue weighted by Crippen LogP contribution is -2.56. The van der Waals surface area contributed by atoms with Crippen molar-refractivity contribution in [2.75, 3.05) is 26.3 Å². The van der Waals surface area contributed by atoms with E-state index in [4.69, 9.17) is 9.84 Å². The summed E-state index contributed by atoms with van der Waals surface area (Å²) in [6.07, 6.45) is -1.28. The summed E-state index contributed by atoms with van der Waals surface area (Å²) < 4.78 is 5.26. The molecule has 2 heterocycles. The molecule has 2 unspecified atom stereocenters. The Bertz CT molecular complexity index is 206. The molecule has 2 saturated heterocycles. The molecule has 2 aliphatic rings. The van der Waals surface area contributed by atoms with Gasteiger partial charge in [-0.1, -0.05) is 0 Å². The van der Waals surface area contributed by atoms with Crippen LogP contribution in [-0.4, -0.2) is 53.6 Å². The number of amides is 1. The van der Waals surface area contributed by atoms with Crippen molar-refractivity contribution in [1.29, 1.82) is 0 Å². The minimum absolute atomic E-state index is 0.0383. The molecule has 5 nitrogen and oxygen atoms in total. The largest absolute Gasteiger partial charge is 0.465 e. The lowest BCUT2D eigenvalue weighted by atomic mass is 9.85. The molecule has 74 valence electrons. The first-order chi connectivity index (χ1) is 6.18. The van der Waals surface area contributed by atoms with E-state index < -0.39 is 6.09 Å². The highest BCUT2D eigenvalue weighted by Gasteiger charge is 2.40. The van der Waals surface area contributed by atoms with E-state index in [9.17, 15) is 9.90 Å². The van der Waals surface area contributed by atoms with E-state index in [1.807, 2.05) is 0 Å². The van der Waals surface area contributed by atoms with Crippen LogP contribution < -0.4 is 0 Å². The molecule has 2 aliphatic heterocycles. The van der Waals surface area contributed by atoms with Crippen LogP contribution in [0.1, 0.15) is 0 Å². The van der Waals surface area contributed by atoms with Gasteiger partial charge in [-0.05, 0) is 0 Å². The quantitative estimate of drug-likeness (QED) is 0.541. The highest BCUT2D eigenvalue weighted by molar-refractivity contribution is 5.65. The second kappa shape index (κ2) is 3.16. The van der Waals surface area contributed by atoms with Crippen LogP contribution in [0.15, 0.2) is 0 Å². The fourth-order valence-corrected chi connectivity index (χ4v) is 2.07. The van der Waals surface area contributed by atoms with E-state index in [0.717, 1.165) is 0 Å². The molecule has 2 N–H and O–H groups in total. The number of carbonyl (C=O) groups is 1. The van der Waals surface area contributed by atoms with Gasteiger partial charge in [0.1, 0.15) is 0 Å². The maximum absolute atomic E-state index is 10.7. The zero-order chi connectivity index (χ0) is 9.42. The van der Waals surface area contributed by atoms with Crippen LogP contribution in [0.5, 0.6) is 0 Å². The van der Waals surface area contributed by atoms with Crippen LogP contribution in [0.25, 0.3) is 0 Å². The highest BCUT2D eigenvalue weighted by Crippen LogP contribution is 2.27. The molecule has 2 rings (SSSR count). The van der Waals surface area contributed by atoms with Crippen molar-refractivity contribution in [3.05, 3.63) is 0 Å². The molecular formula is C8H13NO4. The SMILES string of the molecule is O=C(O)N1CC2COCC(C1)C2O. The van der Waals surface area contributed by atoms with Crippen molar-refractivity contribution in [2.24, 2.45) is 11.8 Å². The van der Waals surface area contributed by atoms with Crippen molar-refractivity contribution in [2.45, 2.75) is 6.10 Å². The molecule has 0 aromatic carbocycles. The number of nitrogens with zero attached hydrogens (tertiary/aromatic N) is 1. The third-order valence-electron chi connectivity index (χ3n) is 2.81. The standard InChI is InChI=1S/C8H13NO4/c10-7-5-1-9(8(11)12)2-6(7)4-13-3-5/h5-7,10H,1-4H2,(H,11,12). The van der Waals surface area contributed by atoms with Crippen LogP contribution >= 0.6 is 0 Å². The molecule has 0 aromatic rings. The molecule has 0 aromatic heterocycles. The van der Waals surface area contributed by atoms with Gasteiger partial charge in [0.2, 0.25) is 0 Å². The van der Waals surface area contributed by atoms with Gasteiger partial charge in [0.15, 0.2) is 0 Å². The molecular weight excluding hydrogens is 174 g/mol. The number of hydrogen-bond donors (Lipinski definition) is 2. The molecule has 0 radical (unpaired) electrons. The van der Waals surface area contributed by atoms with Crippen LogP contribution in [0, 0.1) is 11.8 Å². The minimum atomic E-state index is -0.899. The Balaban J connectivity index is 2.07. The summed E-state index contributed by atoms with van der Waals surface area (Å²) >= 11 is 0. The van der Waals surface area contributed by atoms with Gasteiger partial charge in [0, 0.05) is 24.9 Å². The average molecular weight is 187 g/mol. The normalized spacial score (nSPS) is 38.8. The zero-order valence-corrected chi connectivity index (χ0v) is 7.22. The Morgan fingerprint density at radius 1 is 1.31 bits per heavy atom. The van der Waals surface area contributed by atoms with Crippen molar-refractivity contribution < 1.29 is 19.7 Å². The van der Waals surface area contributed by atoms with E-state index in [1.165, 1.54) is 4.90 Å². The summed E-state index contributed by atoms with van der Waals surface area (Å²) in [5.41, 5.74) is 0. The summed E-state index contributed by atoms with van der Waals surface area (Å²) in [6, 6.07) is 0. The van der Waals surface area contributed by atoms with E-state index in [-0.39, 0.29) is 17.9 Å². The number of aliphatic hydroxyl groups excluding tert-OH is 1. The van der Waals surface area contributed by atoms with Gasteiger partial charge in [-0.2, -0.15) is 0 Å². The predicted molar refractivity (Wildman–Crippen MR) is 43.4 cm³/mol. The lowest BCUT2D eigenvalue weighted by molar-refractivity contribution is -0.117. The monoisotopic (exact) mass is 187 g/mol. The van der Waals surface area contributed by atoms with Crippen molar-refractivity contribution >= 4 is 6.09 Å². The first-order valence-electron chi connectivity index (χ1n) is 4.42. The number of piperidine rings is 1. The molecule has 5 heteroatoms. The van der Waals surface area contributed by atoms with Crippen LogP contribution in [0.4, 0.5) is 4.79 Å². The fraction of sp³-hybridized carbons (Fsp3) is 0.875. The number of aliphatic hydroxyl groups is 1. The van der Waals surface area contributed by atoms with Crippen molar-refractivity contribution in [1.82, 2.24) is 4.90 Å². The van der Waals surface area contributed by atoms with E-state index in [1.54, 1.807) is 0 Å². The zero-order valence-electron chi connectivity index (χ0n) is 7.22. The molecule has 2 atom stereocenters. The van der Waals surface area contributed by atoms with Gasteiger partial charge in [0.25, 0.3) is 0 Å². The maximum atomic E-state index is 10.7. The Kier molecular flexibility index (Phi) is 2.13. The van der Waals surface area contributed by atoms with Crippen molar-refractivity contribution in [3.63, 3.8) is 0 Å². The minimum Gasteiger partial charge on any atom is -0.465 e. The second-order valence-corrected chi connectivity index (χ2v) is 3.74. The Labute approximate surface area is 75.9 Å². The summed E-state index contributed by atoms with van der Waals surface area (Å²) in [5.74, 6) is -0.0767. The van der Waals surface area contributed by atoms with E-state index in [2.05, 4.69) is 0 Å². The summed E-state index contributed by atoms with van der Waals surface area (Å²) in [4.78, 5) is 12.1. The predicted octanol–water partition coefficient (Wildman–Crippen LogP) is -0.396. The number of fused-ring (bicyclic) bond motifs is 2. The van der Waals surface area contributed by atoms with E-state index >= 15 is 0 Å². The summed E-state index contributed by atoms with van der Waals surface area (Å²) in [6.45, 7) is 1.74. The smallest absolute Gasteiger partial charge is 0.407 e. The van der Waals surface area contributed by atoms with Gasteiger partial charge in [-0.3, -0.25) is 0 Å². The van der Waals surface area contributed by atoms with Gasteiger partial charge in [-0.25, -0.2) is 4.79 Å². The second-order valence-electron chi connectivity index (χ2n) is 3.74. The molecule has 2 fully saturated rings. The molecule has 2 bridgehead atoms. The highest BCUT2D eigenvalue weighted by atomic mass is 16.5. The van der Waals surface area contributed by atoms with E-state index in [0.29, 0.717) is 26.3 Å². The lowest BCUT2D eigenvalue weighted by Gasteiger charge is -2.43. The number of ether oxygens (including phenoxy) is 1. The topological polar surface area (TPSA) is 70.0 Å².